The zero-order chi connectivity index (χ0) is 21.6. The molecule has 0 unspecified atom stereocenters. The Labute approximate surface area is 147 Å². The smallest absolute Gasteiger partial charge is 0.340 e. The summed E-state index contributed by atoms with van der Waals surface area (Å²) in [5.74, 6) is -11.3. The molecule has 1 aromatic carbocycles. The van der Waals surface area contributed by atoms with Gasteiger partial charge in [0.25, 0.3) is 0 Å². The first-order valence-electron chi connectivity index (χ1n) is 6.14. The van der Waals surface area contributed by atoms with E-state index in [4.69, 9.17) is 20.4 Å². The van der Waals surface area contributed by atoms with E-state index in [0.717, 1.165) is 0 Å². The molecule has 4 amide bonds. The number of carboxylic acid groups (broad SMARTS) is 4. The minimum absolute atomic E-state index is 0.937. The number of urea groups is 2. The minimum Gasteiger partial charge on any atom is -0.506 e. The van der Waals surface area contributed by atoms with Crippen LogP contribution in [0, 0.1) is 0 Å². The average Bonchev–Trinajstić information content (AvgIpc) is 2.45. The van der Waals surface area contributed by atoms with Crippen LogP contribution >= 0.6 is 0 Å². The molecule has 15 nitrogen and oxygen atoms in total. The molecule has 0 radical (unpaired) electrons. The van der Waals surface area contributed by atoms with Crippen molar-refractivity contribution >= 4 is 35.9 Å². The van der Waals surface area contributed by atoms with Gasteiger partial charge in [0, 0.05) is 0 Å². The normalized spacial score (nSPS) is 9.33. The molecule has 0 aliphatic carbocycles. The van der Waals surface area contributed by atoms with Gasteiger partial charge in [-0.3, -0.25) is 5.32 Å². The second-order valence-corrected chi connectivity index (χ2v) is 4.27. The highest BCUT2D eigenvalue weighted by atomic mass is 16.4. The fraction of sp³-hybridized carbons (Fsp3) is 0. The van der Waals surface area contributed by atoms with Crippen LogP contribution in [0.25, 0.3) is 0 Å². The van der Waals surface area contributed by atoms with E-state index in [9.17, 15) is 39.0 Å². The van der Waals surface area contributed by atoms with Crippen molar-refractivity contribution in [2.75, 3.05) is 0 Å². The molecule has 0 aromatic heterocycles. The monoisotopic (exact) mass is 389 g/mol. The van der Waals surface area contributed by atoms with E-state index >= 15 is 0 Å². The van der Waals surface area contributed by atoms with Gasteiger partial charge in [0.1, 0.15) is 33.8 Å². The molecule has 146 valence electrons. The second-order valence-electron chi connectivity index (χ2n) is 4.27. The number of imide groups is 1. The van der Waals surface area contributed by atoms with Crippen LogP contribution in [0.1, 0.15) is 41.4 Å². The lowest BCUT2D eigenvalue weighted by Gasteiger charge is -2.13. The maximum Gasteiger partial charge on any atom is 0.340 e. The van der Waals surface area contributed by atoms with Crippen molar-refractivity contribution in [2.24, 2.45) is 11.5 Å². The molecule has 27 heavy (non-hydrogen) atoms. The number of nitrogens with two attached hydrogens (primary N) is 2. The first-order chi connectivity index (χ1) is 12.2. The molecular formula is C12H11N3O12. The Hall–Kier alpha value is -4.56. The van der Waals surface area contributed by atoms with Gasteiger partial charge in [-0.25, -0.2) is 28.8 Å². The van der Waals surface area contributed by atoms with E-state index in [1.54, 1.807) is 5.32 Å². The molecular weight excluding hydrogens is 378 g/mol. The van der Waals surface area contributed by atoms with E-state index in [1.165, 1.54) is 0 Å². The van der Waals surface area contributed by atoms with Gasteiger partial charge in [-0.1, -0.05) is 0 Å². The van der Waals surface area contributed by atoms with Crippen LogP contribution in [-0.2, 0) is 0 Å². The molecule has 0 aliphatic heterocycles. The number of hydrogen-bond acceptors (Lipinski definition) is 8. The molecule has 1 aromatic rings. The first-order valence-corrected chi connectivity index (χ1v) is 6.14. The summed E-state index contributed by atoms with van der Waals surface area (Å²) in [4.78, 5) is 62.8. The van der Waals surface area contributed by atoms with E-state index < -0.39 is 69.7 Å². The van der Waals surface area contributed by atoms with Crippen molar-refractivity contribution in [1.29, 1.82) is 0 Å². The summed E-state index contributed by atoms with van der Waals surface area (Å²) >= 11 is 0. The lowest BCUT2D eigenvalue weighted by molar-refractivity contribution is 0.0624. The largest absolute Gasteiger partial charge is 0.506 e. The van der Waals surface area contributed by atoms with E-state index in [0.29, 0.717) is 0 Å². The zero-order valence-corrected chi connectivity index (χ0v) is 12.8. The van der Waals surface area contributed by atoms with Gasteiger partial charge in [-0.05, 0) is 0 Å². The quantitative estimate of drug-likeness (QED) is 0.269. The number of carbonyl (C=O) groups excluding carboxylic acids is 2. The number of aromatic hydroxyl groups is 2. The zero-order valence-electron chi connectivity index (χ0n) is 12.8. The summed E-state index contributed by atoms with van der Waals surface area (Å²) in [6.45, 7) is 0. The van der Waals surface area contributed by atoms with E-state index in [1.807, 2.05) is 0 Å². The maximum absolute atomic E-state index is 10.9. The number of aromatic carboxylic acids is 4. The summed E-state index contributed by atoms with van der Waals surface area (Å²) in [5.41, 5.74) is 3.21. The number of carbonyl (C=O) groups is 6. The number of carboxylic acids is 4. The molecule has 0 spiro atoms. The number of hydrogen-bond donors (Lipinski definition) is 9. The molecule has 0 saturated heterocycles. The third-order valence-electron chi connectivity index (χ3n) is 2.55. The second kappa shape index (κ2) is 8.51. The molecule has 0 aliphatic rings. The van der Waals surface area contributed by atoms with Crippen molar-refractivity contribution in [3.05, 3.63) is 22.3 Å². The number of nitrogens with one attached hydrogen (secondary N) is 1. The molecule has 0 saturated carbocycles. The third-order valence-corrected chi connectivity index (χ3v) is 2.55. The Kier molecular flexibility index (Phi) is 7.07. The van der Waals surface area contributed by atoms with E-state index in [-0.39, 0.29) is 0 Å². The molecule has 1 rings (SSSR count). The van der Waals surface area contributed by atoms with Crippen molar-refractivity contribution in [3.8, 4) is 11.5 Å². The first kappa shape index (κ1) is 22.4. The number of benzene rings is 1. The number of primary amides is 2. The predicted octanol–water partition coefficient (Wildman–Crippen LogP) is -1.38. The highest BCUT2D eigenvalue weighted by Gasteiger charge is 2.36. The van der Waals surface area contributed by atoms with Crippen LogP contribution in [0.15, 0.2) is 0 Å². The Morgan fingerprint density at radius 1 is 0.556 bits per heavy atom. The van der Waals surface area contributed by atoms with Gasteiger partial charge in [0.05, 0.1) is 0 Å². The summed E-state index contributed by atoms with van der Waals surface area (Å²) in [6, 6.07) is -1.88. The minimum atomic E-state index is -2.05. The summed E-state index contributed by atoms with van der Waals surface area (Å²) in [7, 11) is 0. The Bertz CT molecular complexity index is 738. The lowest BCUT2D eigenvalue weighted by atomic mass is 9.95. The number of amides is 4. The topological polar surface area (TPSA) is 288 Å². The third kappa shape index (κ3) is 5.21. The number of phenols is 2. The fourth-order valence-electron chi connectivity index (χ4n) is 1.68. The Morgan fingerprint density at radius 2 is 0.741 bits per heavy atom. The molecule has 15 heteroatoms. The molecule has 0 atom stereocenters. The van der Waals surface area contributed by atoms with Crippen LogP contribution in [0.4, 0.5) is 9.59 Å². The van der Waals surface area contributed by atoms with Crippen molar-refractivity contribution < 1.29 is 59.4 Å². The average molecular weight is 389 g/mol. The predicted molar refractivity (Wildman–Crippen MR) is 79.9 cm³/mol. The molecule has 0 fully saturated rings. The van der Waals surface area contributed by atoms with Crippen LogP contribution < -0.4 is 16.8 Å². The van der Waals surface area contributed by atoms with Crippen LogP contribution in [-0.4, -0.2) is 66.6 Å². The Morgan fingerprint density at radius 3 is 0.815 bits per heavy atom. The van der Waals surface area contributed by atoms with Gasteiger partial charge < -0.3 is 42.1 Å². The van der Waals surface area contributed by atoms with E-state index in [2.05, 4.69) is 11.5 Å². The van der Waals surface area contributed by atoms with Gasteiger partial charge in [0.15, 0.2) is 0 Å². The highest BCUT2D eigenvalue weighted by Crippen LogP contribution is 2.37. The van der Waals surface area contributed by atoms with Crippen molar-refractivity contribution in [3.63, 3.8) is 0 Å². The van der Waals surface area contributed by atoms with Crippen molar-refractivity contribution in [2.45, 2.75) is 0 Å². The van der Waals surface area contributed by atoms with Crippen LogP contribution in [0.3, 0.4) is 0 Å². The summed E-state index contributed by atoms with van der Waals surface area (Å²) in [5, 5.41) is 55.7. The van der Waals surface area contributed by atoms with Crippen LogP contribution in [0.2, 0.25) is 0 Å². The highest BCUT2D eigenvalue weighted by molar-refractivity contribution is 6.14. The molecule has 0 heterocycles. The summed E-state index contributed by atoms with van der Waals surface area (Å²) in [6.07, 6.45) is 0. The van der Waals surface area contributed by atoms with Gasteiger partial charge in [0.2, 0.25) is 0 Å². The maximum atomic E-state index is 10.9. The van der Waals surface area contributed by atoms with Gasteiger partial charge in [-0.2, -0.15) is 0 Å². The van der Waals surface area contributed by atoms with Gasteiger partial charge >= 0.3 is 35.9 Å². The lowest BCUT2D eigenvalue weighted by Crippen LogP contribution is -2.38. The van der Waals surface area contributed by atoms with Gasteiger partial charge in [-0.15, -0.1) is 0 Å². The number of rotatable bonds is 4. The molecule has 0 bridgehead atoms. The van der Waals surface area contributed by atoms with Crippen molar-refractivity contribution in [1.82, 2.24) is 5.32 Å². The SMILES string of the molecule is NC(=O)NC(N)=O.O=C(O)c1c(O)c(C(=O)O)c(C(=O)O)c(O)c1C(=O)O. The standard InChI is InChI=1S/C10H6O10.C2H5N3O2/c11-5-1(7(13)14)2(8(15)16)6(12)4(10(19)20)3(5)9(17)18;3-1(6)5-2(4)7/h11-12H,(H,13,14)(H,15,16)(H,17,18)(H,19,20);(H5,3,4,5,6,7). The Balaban J connectivity index is 0.000000821. The van der Waals surface area contributed by atoms with Crippen LogP contribution in [0.5, 0.6) is 11.5 Å². The summed E-state index contributed by atoms with van der Waals surface area (Å²) < 4.78 is 0. The molecule has 11 N–H and O–H groups in total. The fourth-order valence-corrected chi connectivity index (χ4v) is 1.68.